The minimum absolute atomic E-state index is 0.518. The van der Waals surface area contributed by atoms with Crippen molar-refractivity contribution < 1.29 is 0 Å². The van der Waals surface area contributed by atoms with Crippen molar-refractivity contribution in [3.8, 4) is 0 Å². The molecule has 86 valence electrons. The standard InChI is InChI=1S/C14H20N2/c1-3-8-16-13-7-4-10(2)9-12(13)14(15)11-5-6-11/h4,7,9,11,15-16H,3,5-6,8H2,1-2H3. The second-order valence-corrected chi connectivity index (χ2v) is 4.66. The van der Waals surface area contributed by atoms with Gasteiger partial charge in [0.25, 0.3) is 0 Å². The lowest BCUT2D eigenvalue weighted by Crippen LogP contribution is -2.09. The summed E-state index contributed by atoms with van der Waals surface area (Å²) in [6, 6.07) is 6.36. The zero-order valence-corrected chi connectivity index (χ0v) is 10.1. The highest BCUT2D eigenvalue weighted by atomic mass is 14.9. The maximum atomic E-state index is 8.18. The molecule has 2 nitrogen and oxygen atoms in total. The molecule has 0 saturated heterocycles. The van der Waals surface area contributed by atoms with Crippen LogP contribution in [0.15, 0.2) is 18.2 Å². The van der Waals surface area contributed by atoms with Gasteiger partial charge in [-0.1, -0.05) is 18.6 Å². The van der Waals surface area contributed by atoms with Crippen LogP contribution in [0.1, 0.15) is 37.3 Å². The minimum Gasteiger partial charge on any atom is -0.385 e. The van der Waals surface area contributed by atoms with Crippen LogP contribution in [0.2, 0.25) is 0 Å². The molecule has 1 aliphatic rings. The van der Waals surface area contributed by atoms with E-state index < -0.39 is 0 Å². The molecular formula is C14H20N2. The van der Waals surface area contributed by atoms with E-state index in [2.05, 4.69) is 37.4 Å². The first-order chi connectivity index (χ1) is 7.72. The summed E-state index contributed by atoms with van der Waals surface area (Å²) < 4.78 is 0. The molecular weight excluding hydrogens is 196 g/mol. The molecule has 0 amide bonds. The van der Waals surface area contributed by atoms with Crippen LogP contribution in [0.25, 0.3) is 0 Å². The first kappa shape index (κ1) is 11.2. The molecule has 1 aromatic rings. The van der Waals surface area contributed by atoms with E-state index in [1.165, 1.54) is 18.4 Å². The highest BCUT2D eigenvalue weighted by Crippen LogP contribution is 2.34. The Kier molecular flexibility index (Phi) is 3.28. The summed E-state index contributed by atoms with van der Waals surface area (Å²) in [5, 5.41) is 11.6. The Morgan fingerprint density at radius 3 is 2.81 bits per heavy atom. The fourth-order valence-corrected chi connectivity index (χ4v) is 1.89. The number of hydrogen-bond acceptors (Lipinski definition) is 2. The van der Waals surface area contributed by atoms with Gasteiger partial charge in [0.2, 0.25) is 0 Å². The Hall–Kier alpha value is -1.31. The van der Waals surface area contributed by atoms with Crippen molar-refractivity contribution >= 4 is 11.4 Å². The third kappa shape index (κ3) is 2.43. The maximum Gasteiger partial charge on any atom is 0.0437 e. The van der Waals surface area contributed by atoms with Gasteiger partial charge in [-0.2, -0.15) is 0 Å². The molecule has 0 atom stereocenters. The molecule has 2 heteroatoms. The molecule has 0 aromatic heterocycles. The molecule has 0 heterocycles. The van der Waals surface area contributed by atoms with Crippen molar-refractivity contribution in [2.45, 2.75) is 33.1 Å². The zero-order valence-electron chi connectivity index (χ0n) is 10.1. The minimum atomic E-state index is 0.518. The summed E-state index contributed by atoms with van der Waals surface area (Å²) in [7, 11) is 0. The van der Waals surface area contributed by atoms with Crippen LogP contribution >= 0.6 is 0 Å². The van der Waals surface area contributed by atoms with Gasteiger partial charge in [0.1, 0.15) is 0 Å². The van der Waals surface area contributed by atoms with E-state index >= 15 is 0 Å². The summed E-state index contributed by atoms with van der Waals surface area (Å²) in [6.07, 6.45) is 3.50. The predicted octanol–water partition coefficient (Wildman–Crippen LogP) is 3.59. The van der Waals surface area contributed by atoms with Crippen LogP contribution in [0.5, 0.6) is 0 Å². The zero-order chi connectivity index (χ0) is 11.5. The van der Waals surface area contributed by atoms with Gasteiger partial charge in [0.05, 0.1) is 0 Å². The van der Waals surface area contributed by atoms with E-state index in [4.69, 9.17) is 5.41 Å². The van der Waals surface area contributed by atoms with Crippen molar-refractivity contribution in [1.29, 1.82) is 5.41 Å². The number of nitrogens with one attached hydrogen (secondary N) is 2. The van der Waals surface area contributed by atoms with Crippen LogP contribution in [-0.4, -0.2) is 12.3 Å². The second-order valence-electron chi connectivity index (χ2n) is 4.66. The van der Waals surface area contributed by atoms with E-state index in [0.29, 0.717) is 5.92 Å². The van der Waals surface area contributed by atoms with Crippen LogP contribution in [0.3, 0.4) is 0 Å². The van der Waals surface area contributed by atoms with E-state index in [-0.39, 0.29) is 0 Å². The van der Waals surface area contributed by atoms with Crippen molar-refractivity contribution in [2.24, 2.45) is 5.92 Å². The number of hydrogen-bond donors (Lipinski definition) is 2. The fraction of sp³-hybridized carbons (Fsp3) is 0.500. The predicted molar refractivity (Wildman–Crippen MR) is 69.5 cm³/mol. The van der Waals surface area contributed by atoms with E-state index in [1.54, 1.807) is 0 Å². The van der Waals surface area contributed by atoms with Crippen molar-refractivity contribution in [2.75, 3.05) is 11.9 Å². The third-order valence-corrected chi connectivity index (χ3v) is 3.02. The first-order valence-electron chi connectivity index (χ1n) is 6.15. The molecule has 0 unspecified atom stereocenters. The smallest absolute Gasteiger partial charge is 0.0437 e. The van der Waals surface area contributed by atoms with Gasteiger partial charge in [-0.05, 0) is 38.3 Å². The first-order valence-corrected chi connectivity index (χ1v) is 6.15. The largest absolute Gasteiger partial charge is 0.385 e. The summed E-state index contributed by atoms with van der Waals surface area (Å²) in [4.78, 5) is 0. The molecule has 1 aromatic carbocycles. The summed E-state index contributed by atoms with van der Waals surface area (Å²) in [6.45, 7) is 5.23. The Morgan fingerprint density at radius 1 is 1.44 bits per heavy atom. The number of benzene rings is 1. The van der Waals surface area contributed by atoms with Crippen molar-refractivity contribution in [3.63, 3.8) is 0 Å². The molecule has 1 fully saturated rings. The molecule has 2 rings (SSSR count). The van der Waals surface area contributed by atoms with Gasteiger partial charge in [0.15, 0.2) is 0 Å². The Labute approximate surface area is 97.6 Å². The van der Waals surface area contributed by atoms with Crippen LogP contribution < -0.4 is 5.32 Å². The van der Waals surface area contributed by atoms with Gasteiger partial charge in [-0.25, -0.2) is 0 Å². The summed E-state index contributed by atoms with van der Waals surface area (Å²) in [5.41, 5.74) is 4.30. The maximum absolute atomic E-state index is 8.18. The SMILES string of the molecule is CCCNc1ccc(C)cc1C(=N)C1CC1. The highest BCUT2D eigenvalue weighted by Gasteiger charge is 2.28. The van der Waals surface area contributed by atoms with Crippen molar-refractivity contribution in [3.05, 3.63) is 29.3 Å². The molecule has 0 spiro atoms. The molecule has 0 radical (unpaired) electrons. The number of anilines is 1. The summed E-state index contributed by atoms with van der Waals surface area (Å²) in [5.74, 6) is 0.518. The quantitative estimate of drug-likeness (QED) is 0.725. The lowest BCUT2D eigenvalue weighted by Gasteiger charge is -2.13. The van der Waals surface area contributed by atoms with Gasteiger partial charge >= 0.3 is 0 Å². The molecule has 2 N–H and O–H groups in total. The fourth-order valence-electron chi connectivity index (χ4n) is 1.89. The average Bonchev–Trinajstić information content (AvgIpc) is 3.10. The number of rotatable bonds is 5. The average molecular weight is 216 g/mol. The van der Waals surface area contributed by atoms with Crippen LogP contribution in [-0.2, 0) is 0 Å². The topological polar surface area (TPSA) is 35.9 Å². The molecule has 16 heavy (non-hydrogen) atoms. The Morgan fingerprint density at radius 2 is 2.19 bits per heavy atom. The monoisotopic (exact) mass is 216 g/mol. The molecule has 0 bridgehead atoms. The van der Waals surface area contributed by atoms with Gasteiger partial charge in [0, 0.05) is 29.4 Å². The number of aryl methyl sites for hydroxylation is 1. The van der Waals surface area contributed by atoms with E-state index in [1.807, 2.05) is 0 Å². The van der Waals surface area contributed by atoms with E-state index in [9.17, 15) is 0 Å². The molecule has 1 aliphatic carbocycles. The normalized spacial score (nSPS) is 14.9. The lowest BCUT2D eigenvalue weighted by molar-refractivity contribution is 0.978. The van der Waals surface area contributed by atoms with Gasteiger partial charge in [-0.15, -0.1) is 0 Å². The van der Waals surface area contributed by atoms with Crippen LogP contribution in [0.4, 0.5) is 5.69 Å². The highest BCUT2D eigenvalue weighted by molar-refractivity contribution is 6.05. The van der Waals surface area contributed by atoms with Gasteiger partial charge < -0.3 is 10.7 Å². The summed E-state index contributed by atoms with van der Waals surface area (Å²) >= 11 is 0. The third-order valence-electron chi connectivity index (χ3n) is 3.02. The van der Waals surface area contributed by atoms with Crippen LogP contribution in [0, 0.1) is 18.3 Å². The lowest BCUT2D eigenvalue weighted by atomic mass is 10.0. The Bertz CT molecular complexity index is 392. The Balaban J connectivity index is 2.24. The second kappa shape index (κ2) is 4.69. The van der Waals surface area contributed by atoms with Gasteiger partial charge in [-0.3, -0.25) is 0 Å². The molecule has 1 saturated carbocycles. The van der Waals surface area contributed by atoms with Crippen molar-refractivity contribution in [1.82, 2.24) is 0 Å². The molecule has 0 aliphatic heterocycles. The van der Waals surface area contributed by atoms with E-state index in [0.717, 1.165) is 29.9 Å².